The molecule has 162 valence electrons. The number of benzene rings is 1. The van der Waals surface area contributed by atoms with Crippen LogP contribution < -0.4 is 20.2 Å². The Morgan fingerprint density at radius 2 is 2.00 bits per heavy atom. The van der Waals surface area contributed by atoms with Crippen LogP contribution in [0, 0.1) is 11.8 Å². The average Bonchev–Trinajstić information content (AvgIpc) is 3.09. The number of nitrogens with zero attached hydrogens (tertiary/aromatic N) is 1. The molecule has 1 aliphatic carbocycles. The first kappa shape index (κ1) is 19.9. The Bertz CT molecular complexity index is 859. The van der Waals surface area contributed by atoms with Crippen LogP contribution in [0.3, 0.4) is 0 Å². The van der Waals surface area contributed by atoms with Gasteiger partial charge in [-0.25, -0.2) is 5.43 Å². The van der Waals surface area contributed by atoms with Crippen molar-refractivity contribution in [2.75, 3.05) is 20.2 Å². The molecule has 6 heteroatoms. The summed E-state index contributed by atoms with van der Waals surface area (Å²) in [6.07, 6.45) is 9.26. The summed E-state index contributed by atoms with van der Waals surface area (Å²) in [5, 5.41) is 5.41. The van der Waals surface area contributed by atoms with Crippen molar-refractivity contribution in [1.29, 1.82) is 0 Å². The second-order valence-corrected chi connectivity index (χ2v) is 9.69. The van der Waals surface area contributed by atoms with Gasteiger partial charge in [-0.1, -0.05) is 18.2 Å². The van der Waals surface area contributed by atoms with E-state index in [1.807, 2.05) is 11.1 Å². The van der Waals surface area contributed by atoms with Gasteiger partial charge in [-0.15, -0.1) is 0 Å². The molecule has 1 aromatic carbocycles. The lowest BCUT2D eigenvalue weighted by atomic mass is 9.74. The van der Waals surface area contributed by atoms with Gasteiger partial charge in [0.25, 0.3) is 0 Å². The lowest BCUT2D eigenvalue weighted by molar-refractivity contribution is -0.152. The first-order valence-corrected chi connectivity index (χ1v) is 11.3. The minimum Gasteiger partial charge on any atom is -0.493 e. The molecule has 0 spiro atoms. The highest BCUT2D eigenvalue weighted by molar-refractivity contribution is 5.81. The number of hydrazine groups is 1. The number of hydrogen-bond acceptors (Lipinski definition) is 5. The number of hydrogen-bond donors (Lipinski definition) is 2. The Hall–Kier alpha value is -2.05. The van der Waals surface area contributed by atoms with Gasteiger partial charge in [0.2, 0.25) is 5.91 Å². The lowest BCUT2D eigenvalue weighted by Gasteiger charge is -2.48. The summed E-state index contributed by atoms with van der Waals surface area (Å²) in [7, 11) is 1.69. The van der Waals surface area contributed by atoms with Gasteiger partial charge in [-0.3, -0.25) is 9.80 Å². The minimum absolute atomic E-state index is 0.0456. The molecule has 30 heavy (non-hydrogen) atoms. The highest BCUT2D eigenvalue weighted by Gasteiger charge is 2.46. The summed E-state index contributed by atoms with van der Waals surface area (Å²) < 4.78 is 11.9. The normalized spacial score (nSPS) is 30.6. The summed E-state index contributed by atoms with van der Waals surface area (Å²) in [6, 6.07) is 4.52. The third kappa shape index (κ3) is 3.30. The molecule has 0 radical (unpaired) electrons. The fourth-order valence-corrected chi connectivity index (χ4v) is 5.70. The van der Waals surface area contributed by atoms with Crippen molar-refractivity contribution < 1.29 is 14.3 Å². The van der Waals surface area contributed by atoms with E-state index in [0.29, 0.717) is 0 Å². The van der Waals surface area contributed by atoms with Gasteiger partial charge in [0, 0.05) is 23.8 Å². The number of piperidine rings is 1. The summed E-state index contributed by atoms with van der Waals surface area (Å²) in [6.45, 7) is 6.18. The van der Waals surface area contributed by atoms with Crippen LogP contribution in [0.25, 0.3) is 0 Å². The van der Waals surface area contributed by atoms with Crippen molar-refractivity contribution in [3.63, 3.8) is 0 Å². The van der Waals surface area contributed by atoms with Crippen molar-refractivity contribution in [2.45, 2.75) is 63.6 Å². The van der Waals surface area contributed by atoms with Gasteiger partial charge in [0.1, 0.15) is 5.60 Å². The molecule has 3 aliphatic heterocycles. The first-order chi connectivity index (χ1) is 14.5. The predicted molar refractivity (Wildman–Crippen MR) is 115 cm³/mol. The molecule has 5 rings (SSSR count). The van der Waals surface area contributed by atoms with E-state index >= 15 is 0 Å². The number of ether oxygens (including phenoxy) is 2. The van der Waals surface area contributed by atoms with E-state index in [4.69, 9.17) is 9.47 Å². The molecule has 3 heterocycles. The Morgan fingerprint density at radius 3 is 2.77 bits per heavy atom. The number of allylic oxidation sites excluding steroid dienone is 1. The molecular weight excluding hydrogens is 378 g/mol. The molecule has 2 fully saturated rings. The van der Waals surface area contributed by atoms with Crippen molar-refractivity contribution in [2.24, 2.45) is 11.8 Å². The average molecular weight is 412 g/mol. The Morgan fingerprint density at radius 1 is 1.20 bits per heavy atom. The third-order valence-electron chi connectivity index (χ3n) is 7.16. The zero-order chi connectivity index (χ0) is 20.9. The molecule has 0 aromatic heterocycles. The standard InChI is InChI=1S/C24H33N3O3/c1-24(2)14-19-17(8-9-20(29-3)22(19)30-24)21-16-6-4-5-7-18(16)23(28)27(26-21)15-10-12-25-13-11-15/h4,6,8-9,15-16,18,21,25-26H,5,7,10-14H2,1-3H3/t16-,18?,21-/m0/s1. The van der Waals surface area contributed by atoms with Gasteiger partial charge in [-0.2, -0.15) is 0 Å². The maximum absolute atomic E-state index is 13.4. The van der Waals surface area contributed by atoms with Crippen LogP contribution in [-0.2, 0) is 11.2 Å². The van der Waals surface area contributed by atoms with Crippen LogP contribution in [0.15, 0.2) is 24.3 Å². The number of carbonyl (C=O) groups excluding carboxylic acids is 1. The molecule has 2 saturated heterocycles. The van der Waals surface area contributed by atoms with Crippen LogP contribution in [0.2, 0.25) is 0 Å². The predicted octanol–water partition coefficient (Wildman–Crippen LogP) is 3.13. The number of fused-ring (bicyclic) bond motifs is 2. The SMILES string of the molecule is COc1ccc([C@H]2NN(C3CCNCC3)C(=O)C3CCC=C[C@@H]32)c2c1OC(C)(C)C2. The number of rotatable bonds is 3. The fourth-order valence-electron chi connectivity index (χ4n) is 5.70. The monoisotopic (exact) mass is 411 g/mol. The first-order valence-electron chi connectivity index (χ1n) is 11.3. The largest absolute Gasteiger partial charge is 0.493 e. The Balaban J connectivity index is 1.55. The molecular formula is C24H33N3O3. The molecule has 6 nitrogen and oxygen atoms in total. The zero-order valence-corrected chi connectivity index (χ0v) is 18.2. The van der Waals surface area contributed by atoms with Gasteiger partial charge < -0.3 is 14.8 Å². The quantitative estimate of drug-likeness (QED) is 0.749. The highest BCUT2D eigenvalue weighted by Crippen LogP contribution is 2.49. The van der Waals surface area contributed by atoms with Crippen LogP contribution in [-0.4, -0.2) is 42.8 Å². The molecule has 1 unspecified atom stereocenters. The molecule has 4 aliphatic rings. The number of carbonyl (C=O) groups is 1. The maximum Gasteiger partial charge on any atom is 0.240 e. The van der Waals surface area contributed by atoms with E-state index in [2.05, 4.69) is 42.8 Å². The maximum atomic E-state index is 13.4. The zero-order valence-electron chi connectivity index (χ0n) is 18.2. The Kier molecular flexibility index (Phi) is 5.02. The van der Waals surface area contributed by atoms with E-state index in [1.165, 1.54) is 11.1 Å². The Labute approximate surface area is 179 Å². The second kappa shape index (κ2) is 7.57. The van der Waals surface area contributed by atoms with Crippen molar-refractivity contribution in [3.8, 4) is 11.5 Å². The minimum atomic E-state index is -0.257. The highest BCUT2D eigenvalue weighted by atomic mass is 16.5. The summed E-state index contributed by atoms with van der Waals surface area (Å²) in [5.74, 6) is 2.14. The summed E-state index contributed by atoms with van der Waals surface area (Å²) in [4.78, 5) is 13.4. The number of methoxy groups -OCH3 is 1. The van der Waals surface area contributed by atoms with Crippen LogP contribution >= 0.6 is 0 Å². The number of amides is 1. The van der Waals surface area contributed by atoms with Gasteiger partial charge in [0.05, 0.1) is 19.2 Å². The van der Waals surface area contributed by atoms with Crippen molar-refractivity contribution in [3.05, 3.63) is 35.4 Å². The van der Waals surface area contributed by atoms with E-state index in [1.54, 1.807) is 7.11 Å². The molecule has 2 N–H and O–H groups in total. The summed E-state index contributed by atoms with van der Waals surface area (Å²) in [5.41, 5.74) is 5.89. The van der Waals surface area contributed by atoms with Crippen molar-refractivity contribution in [1.82, 2.24) is 15.8 Å². The molecule has 1 aromatic rings. The smallest absolute Gasteiger partial charge is 0.240 e. The van der Waals surface area contributed by atoms with Crippen molar-refractivity contribution >= 4 is 5.91 Å². The van der Waals surface area contributed by atoms with Crippen LogP contribution in [0.1, 0.15) is 56.7 Å². The molecule has 3 atom stereocenters. The second-order valence-electron chi connectivity index (χ2n) is 9.69. The summed E-state index contributed by atoms with van der Waals surface area (Å²) >= 11 is 0. The van der Waals surface area contributed by atoms with Gasteiger partial charge in [-0.05, 0) is 64.3 Å². The van der Waals surface area contributed by atoms with E-state index in [-0.39, 0.29) is 35.4 Å². The lowest BCUT2D eigenvalue weighted by Crippen LogP contribution is -2.61. The van der Waals surface area contributed by atoms with Crippen LogP contribution in [0.4, 0.5) is 0 Å². The van der Waals surface area contributed by atoms with Gasteiger partial charge >= 0.3 is 0 Å². The fraction of sp³-hybridized carbons (Fsp3) is 0.625. The third-order valence-corrected chi connectivity index (χ3v) is 7.16. The molecule has 0 saturated carbocycles. The van der Waals surface area contributed by atoms with E-state index in [9.17, 15) is 4.79 Å². The topological polar surface area (TPSA) is 62.8 Å². The molecule has 0 bridgehead atoms. The van der Waals surface area contributed by atoms with Crippen LogP contribution in [0.5, 0.6) is 11.5 Å². The number of nitrogens with one attached hydrogen (secondary N) is 2. The van der Waals surface area contributed by atoms with E-state index < -0.39 is 0 Å². The van der Waals surface area contributed by atoms with Gasteiger partial charge in [0.15, 0.2) is 11.5 Å². The molecule has 1 amide bonds. The van der Waals surface area contributed by atoms with E-state index in [0.717, 1.165) is 56.7 Å².